The van der Waals surface area contributed by atoms with Gasteiger partial charge >= 0.3 is 0 Å². The summed E-state index contributed by atoms with van der Waals surface area (Å²) in [5, 5.41) is 2.75. The molecule has 100 valence electrons. The number of unbranched alkanes of at least 4 members (excludes halogenated alkanes) is 5. The van der Waals surface area contributed by atoms with Crippen LogP contribution in [0, 0.1) is 5.82 Å². The van der Waals surface area contributed by atoms with Crippen molar-refractivity contribution in [2.24, 2.45) is 0 Å². The van der Waals surface area contributed by atoms with E-state index in [0.29, 0.717) is 6.54 Å². The molecule has 2 nitrogen and oxygen atoms in total. The molecule has 0 saturated carbocycles. The third-order valence-corrected chi connectivity index (χ3v) is 2.93. The Morgan fingerprint density at radius 2 is 1.78 bits per heavy atom. The summed E-state index contributed by atoms with van der Waals surface area (Å²) in [4.78, 5) is 11.6. The topological polar surface area (TPSA) is 29.1 Å². The highest BCUT2D eigenvalue weighted by molar-refractivity contribution is 5.94. The van der Waals surface area contributed by atoms with E-state index >= 15 is 0 Å². The molecule has 0 aliphatic rings. The summed E-state index contributed by atoms with van der Waals surface area (Å²) < 4.78 is 13.3. The van der Waals surface area contributed by atoms with Gasteiger partial charge in [-0.3, -0.25) is 4.79 Å². The first-order chi connectivity index (χ1) is 8.75. The molecule has 0 atom stereocenters. The molecular formula is C15H22FNO. The molecule has 3 heteroatoms. The van der Waals surface area contributed by atoms with Crippen molar-refractivity contribution in [2.45, 2.75) is 45.4 Å². The number of hydrogen-bond donors (Lipinski definition) is 1. The number of benzene rings is 1. The molecule has 0 fully saturated rings. The van der Waals surface area contributed by atoms with Gasteiger partial charge in [-0.05, 0) is 18.6 Å². The Morgan fingerprint density at radius 1 is 1.11 bits per heavy atom. The van der Waals surface area contributed by atoms with Crippen LogP contribution in [0.4, 0.5) is 4.39 Å². The third-order valence-electron chi connectivity index (χ3n) is 2.93. The monoisotopic (exact) mass is 251 g/mol. The number of hydrogen-bond acceptors (Lipinski definition) is 1. The van der Waals surface area contributed by atoms with Gasteiger partial charge in [-0.25, -0.2) is 4.39 Å². The van der Waals surface area contributed by atoms with Crippen LogP contribution in [-0.2, 0) is 0 Å². The van der Waals surface area contributed by atoms with Crippen LogP contribution in [0.25, 0.3) is 0 Å². The molecular weight excluding hydrogens is 229 g/mol. The van der Waals surface area contributed by atoms with Crippen LogP contribution in [0.3, 0.4) is 0 Å². The molecule has 0 spiro atoms. The van der Waals surface area contributed by atoms with E-state index in [4.69, 9.17) is 0 Å². The van der Waals surface area contributed by atoms with Crippen LogP contribution < -0.4 is 5.32 Å². The Labute approximate surface area is 109 Å². The lowest BCUT2D eigenvalue weighted by atomic mass is 10.1. The maximum atomic E-state index is 13.3. The first-order valence-electron chi connectivity index (χ1n) is 6.78. The first kappa shape index (κ1) is 14.7. The highest BCUT2D eigenvalue weighted by Gasteiger charge is 2.09. The Hall–Kier alpha value is -1.38. The van der Waals surface area contributed by atoms with Crippen molar-refractivity contribution in [2.75, 3.05) is 6.54 Å². The number of halogens is 1. The fraction of sp³-hybridized carbons (Fsp3) is 0.533. The van der Waals surface area contributed by atoms with E-state index in [1.165, 1.54) is 37.8 Å². The molecule has 0 unspecified atom stereocenters. The van der Waals surface area contributed by atoms with Gasteiger partial charge in [0, 0.05) is 6.54 Å². The second-order valence-electron chi connectivity index (χ2n) is 4.50. The summed E-state index contributed by atoms with van der Waals surface area (Å²) in [7, 11) is 0. The minimum Gasteiger partial charge on any atom is -0.352 e. The third kappa shape index (κ3) is 5.30. The molecule has 1 rings (SSSR count). The van der Waals surface area contributed by atoms with Gasteiger partial charge in [0.25, 0.3) is 5.91 Å². The number of carbonyl (C=O) groups excluding carboxylic acids is 1. The molecule has 0 radical (unpaired) electrons. The van der Waals surface area contributed by atoms with Gasteiger partial charge in [0.05, 0.1) is 5.56 Å². The van der Waals surface area contributed by atoms with Gasteiger partial charge in [-0.1, -0.05) is 51.2 Å². The predicted octanol–water partition coefficient (Wildman–Crippen LogP) is 3.92. The van der Waals surface area contributed by atoms with Crippen molar-refractivity contribution in [3.63, 3.8) is 0 Å². The second-order valence-corrected chi connectivity index (χ2v) is 4.50. The van der Waals surface area contributed by atoms with Crippen molar-refractivity contribution in [3.05, 3.63) is 35.6 Å². The van der Waals surface area contributed by atoms with E-state index in [1.807, 2.05) is 0 Å². The zero-order valence-corrected chi connectivity index (χ0v) is 11.0. The zero-order valence-electron chi connectivity index (χ0n) is 11.0. The van der Waals surface area contributed by atoms with Crippen molar-refractivity contribution in [3.8, 4) is 0 Å². The van der Waals surface area contributed by atoms with E-state index in [9.17, 15) is 9.18 Å². The van der Waals surface area contributed by atoms with Gasteiger partial charge < -0.3 is 5.32 Å². The van der Waals surface area contributed by atoms with Crippen LogP contribution in [0.2, 0.25) is 0 Å². The van der Waals surface area contributed by atoms with Crippen molar-refractivity contribution in [1.29, 1.82) is 0 Å². The molecule has 0 saturated heterocycles. The summed E-state index contributed by atoms with van der Waals surface area (Å²) in [5.74, 6) is -0.778. The average Bonchev–Trinajstić information content (AvgIpc) is 2.38. The number of rotatable bonds is 8. The highest BCUT2D eigenvalue weighted by Crippen LogP contribution is 2.07. The second kappa shape index (κ2) is 8.67. The van der Waals surface area contributed by atoms with Crippen LogP contribution in [0.5, 0.6) is 0 Å². The van der Waals surface area contributed by atoms with Crippen LogP contribution in [0.1, 0.15) is 55.8 Å². The molecule has 1 N–H and O–H groups in total. The molecule has 1 aromatic rings. The highest BCUT2D eigenvalue weighted by atomic mass is 19.1. The fourth-order valence-corrected chi connectivity index (χ4v) is 1.85. The van der Waals surface area contributed by atoms with E-state index in [2.05, 4.69) is 12.2 Å². The average molecular weight is 251 g/mol. The standard InChI is InChI=1S/C15H22FNO/c1-2-3-4-5-6-9-12-17-15(18)13-10-7-8-11-14(13)16/h7-8,10-11H,2-6,9,12H2,1H3,(H,17,18). The van der Waals surface area contributed by atoms with Gasteiger partial charge in [0.1, 0.15) is 5.82 Å². The lowest BCUT2D eigenvalue weighted by Crippen LogP contribution is -2.25. The first-order valence-corrected chi connectivity index (χ1v) is 6.78. The number of carbonyl (C=O) groups is 1. The fourth-order valence-electron chi connectivity index (χ4n) is 1.85. The molecule has 18 heavy (non-hydrogen) atoms. The van der Waals surface area contributed by atoms with Gasteiger partial charge in [0.15, 0.2) is 0 Å². The molecule has 1 aromatic carbocycles. The lowest BCUT2D eigenvalue weighted by molar-refractivity contribution is 0.0949. The Bertz CT molecular complexity index is 365. The molecule has 0 bridgehead atoms. The van der Waals surface area contributed by atoms with Crippen molar-refractivity contribution in [1.82, 2.24) is 5.32 Å². The minimum atomic E-state index is -0.460. The SMILES string of the molecule is CCCCCCCCNC(=O)c1ccccc1F. The summed E-state index contributed by atoms with van der Waals surface area (Å²) >= 11 is 0. The van der Waals surface area contributed by atoms with Gasteiger partial charge in [-0.2, -0.15) is 0 Å². The van der Waals surface area contributed by atoms with Crippen molar-refractivity contribution >= 4 is 5.91 Å². The van der Waals surface area contributed by atoms with Gasteiger partial charge in [-0.15, -0.1) is 0 Å². The maximum absolute atomic E-state index is 13.3. The van der Waals surface area contributed by atoms with Crippen LogP contribution >= 0.6 is 0 Å². The molecule has 0 aliphatic carbocycles. The molecule has 0 heterocycles. The molecule has 0 aromatic heterocycles. The van der Waals surface area contributed by atoms with E-state index in [0.717, 1.165) is 12.8 Å². The number of amides is 1. The minimum absolute atomic E-state index is 0.128. The van der Waals surface area contributed by atoms with E-state index in [-0.39, 0.29) is 11.5 Å². The molecule has 0 aliphatic heterocycles. The van der Waals surface area contributed by atoms with E-state index < -0.39 is 5.82 Å². The Kier molecular flexibility index (Phi) is 7.07. The Morgan fingerprint density at radius 3 is 2.50 bits per heavy atom. The van der Waals surface area contributed by atoms with Crippen molar-refractivity contribution < 1.29 is 9.18 Å². The Balaban J connectivity index is 2.16. The quantitative estimate of drug-likeness (QED) is 0.697. The summed E-state index contributed by atoms with van der Waals surface area (Å²) in [6.07, 6.45) is 7.08. The maximum Gasteiger partial charge on any atom is 0.254 e. The molecule has 1 amide bonds. The normalized spacial score (nSPS) is 10.3. The number of nitrogens with one attached hydrogen (secondary N) is 1. The largest absolute Gasteiger partial charge is 0.352 e. The smallest absolute Gasteiger partial charge is 0.254 e. The van der Waals surface area contributed by atoms with Gasteiger partial charge in [0.2, 0.25) is 0 Å². The summed E-state index contributed by atoms with van der Waals surface area (Å²) in [6.45, 7) is 2.81. The van der Waals surface area contributed by atoms with Crippen LogP contribution in [-0.4, -0.2) is 12.5 Å². The zero-order chi connectivity index (χ0) is 13.2. The summed E-state index contributed by atoms with van der Waals surface area (Å²) in [6, 6.07) is 6.06. The van der Waals surface area contributed by atoms with Crippen LogP contribution in [0.15, 0.2) is 24.3 Å². The van der Waals surface area contributed by atoms with E-state index in [1.54, 1.807) is 12.1 Å². The predicted molar refractivity (Wildman–Crippen MR) is 72.1 cm³/mol. The lowest BCUT2D eigenvalue weighted by Gasteiger charge is -2.05. The summed E-state index contributed by atoms with van der Waals surface area (Å²) in [5.41, 5.74) is 0.128.